The van der Waals surface area contributed by atoms with Crippen LogP contribution in [0.5, 0.6) is 5.75 Å². The molecule has 1 saturated carbocycles. The summed E-state index contributed by atoms with van der Waals surface area (Å²) in [6, 6.07) is 15.1. The highest BCUT2D eigenvalue weighted by molar-refractivity contribution is 6.33. The van der Waals surface area contributed by atoms with Crippen molar-refractivity contribution in [2.45, 2.75) is 32.7 Å². The normalized spacial score (nSPS) is 17.7. The lowest BCUT2D eigenvalue weighted by atomic mass is 10.0. The van der Waals surface area contributed by atoms with Gasteiger partial charge in [0.2, 0.25) is 5.91 Å². The molecule has 1 aliphatic carbocycles. The Morgan fingerprint density at radius 1 is 1.09 bits per heavy atom. The number of hydrogen-bond donors (Lipinski definition) is 0. The molecule has 1 aromatic heterocycles. The molecule has 7 heteroatoms. The summed E-state index contributed by atoms with van der Waals surface area (Å²) >= 11 is 6.45. The maximum Gasteiger partial charge on any atom is 0.253 e. The second-order valence-electron chi connectivity index (χ2n) is 9.31. The van der Waals surface area contributed by atoms with Crippen molar-refractivity contribution in [2.75, 3.05) is 20.2 Å². The Kier molecular flexibility index (Phi) is 6.17. The number of ether oxygens (including phenoxy) is 1. The molecule has 6 nitrogen and oxygen atoms in total. The number of amides is 1. The molecule has 2 aromatic carbocycles. The molecule has 2 fully saturated rings. The Balaban J connectivity index is 1.40. The number of rotatable bonds is 6. The topological polar surface area (TPSA) is 64.4 Å². The van der Waals surface area contributed by atoms with Crippen LogP contribution in [-0.2, 0) is 11.3 Å². The number of carbonyl (C=O) groups is 1. The van der Waals surface area contributed by atoms with Gasteiger partial charge in [-0.15, -0.1) is 0 Å². The minimum Gasteiger partial charge on any atom is -0.497 e. The van der Waals surface area contributed by atoms with E-state index in [1.165, 1.54) is 0 Å². The number of methoxy groups -OCH3 is 1. The van der Waals surface area contributed by atoms with Crippen molar-refractivity contribution < 1.29 is 9.53 Å². The lowest BCUT2D eigenvalue weighted by molar-refractivity contribution is -0.131. The molecule has 2 heterocycles. The average molecular weight is 478 g/mol. The van der Waals surface area contributed by atoms with Crippen molar-refractivity contribution in [2.24, 2.45) is 11.8 Å². The van der Waals surface area contributed by atoms with Gasteiger partial charge in [-0.25, -0.2) is 4.98 Å². The van der Waals surface area contributed by atoms with E-state index in [0.29, 0.717) is 35.4 Å². The molecule has 0 unspecified atom stereocenters. The first kappa shape index (κ1) is 22.7. The van der Waals surface area contributed by atoms with Crippen molar-refractivity contribution in [1.29, 1.82) is 0 Å². The van der Waals surface area contributed by atoms with Crippen LogP contribution < -0.4 is 10.3 Å². The molecule has 2 aliphatic rings. The standard InChI is InChI=1S/C27H28ClN3O3/c1-17-13-25(32)31(16-18-11-12-30(15-18)27(33)21-7-8-21)26(29-17)20-5-3-19(4-6-20)23-10-9-22(34-2)14-24(23)28/h3-6,9-10,13-14,18,21H,7-8,11-12,15-16H2,1-2H3/t18-/m1/s1. The fourth-order valence-electron chi connectivity index (χ4n) is 4.70. The number of likely N-dealkylation sites (tertiary alicyclic amines) is 1. The predicted molar refractivity (Wildman–Crippen MR) is 133 cm³/mol. The van der Waals surface area contributed by atoms with Crippen LogP contribution in [0, 0.1) is 18.8 Å². The van der Waals surface area contributed by atoms with Gasteiger partial charge in [-0.2, -0.15) is 0 Å². The molecule has 1 amide bonds. The van der Waals surface area contributed by atoms with Gasteiger partial charge in [-0.3, -0.25) is 14.2 Å². The van der Waals surface area contributed by atoms with Crippen molar-refractivity contribution in [3.63, 3.8) is 0 Å². The van der Waals surface area contributed by atoms with Crippen molar-refractivity contribution in [3.8, 4) is 28.3 Å². The lowest BCUT2D eigenvalue weighted by Crippen LogP contribution is -2.32. The highest BCUT2D eigenvalue weighted by atomic mass is 35.5. The molecule has 1 aliphatic heterocycles. The molecule has 3 aromatic rings. The zero-order chi connectivity index (χ0) is 23.8. The van der Waals surface area contributed by atoms with Crippen LogP contribution in [0.1, 0.15) is 25.0 Å². The molecular formula is C27H28ClN3O3. The number of nitrogens with zero attached hydrogens (tertiary/aromatic N) is 3. The van der Waals surface area contributed by atoms with Gasteiger partial charge in [0.25, 0.3) is 5.56 Å². The average Bonchev–Trinajstić information content (AvgIpc) is 3.58. The SMILES string of the molecule is COc1ccc(-c2ccc(-c3nc(C)cc(=O)n3C[C@@H]3CCN(C(=O)C4CC4)C3)cc2)c(Cl)c1. The summed E-state index contributed by atoms with van der Waals surface area (Å²) in [5.74, 6) is 2.13. The first-order valence-corrected chi connectivity index (χ1v) is 12.1. The molecule has 5 rings (SSSR count). The maximum atomic E-state index is 13.0. The third kappa shape index (κ3) is 4.60. The van der Waals surface area contributed by atoms with Crippen LogP contribution >= 0.6 is 11.6 Å². The second-order valence-corrected chi connectivity index (χ2v) is 9.71. The number of carbonyl (C=O) groups excluding carboxylic acids is 1. The van der Waals surface area contributed by atoms with E-state index in [1.807, 2.05) is 48.2 Å². The maximum absolute atomic E-state index is 13.0. The van der Waals surface area contributed by atoms with E-state index >= 15 is 0 Å². The Labute approximate surface area is 204 Å². The van der Waals surface area contributed by atoms with Crippen LogP contribution in [0.4, 0.5) is 0 Å². The van der Waals surface area contributed by atoms with Gasteiger partial charge in [0, 0.05) is 48.4 Å². The molecule has 0 N–H and O–H groups in total. The van der Waals surface area contributed by atoms with E-state index in [9.17, 15) is 9.59 Å². The van der Waals surface area contributed by atoms with Gasteiger partial charge in [0.1, 0.15) is 11.6 Å². The van der Waals surface area contributed by atoms with Gasteiger partial charge in [-0.1, -0.05) is 35.9 Å². The summed E-state index contributed by atoms with van der Waals surface area (Å²) < 4.78 is 7.00. The summed E-state index contributed by atoms with van der Waals surface area (Å²) in [4.78, 5) is 32.1. The molecule has 0 spiro atoms. The van der Waals surface area contributed by atoms with Gasteiger partial charge in [-0.05, 0) is 55.9 Å². The van der Waals surface area contributed by atoms with E-state index in [-0.39, 0.29) is 23.3 Å². The first-order chi connectivity index (χ1) is 16.4. The van der Waals surface area contributed by atoms with E-state index in [1.54, 1.807) is 23.8 Å². The lowest BCUT2D eigenvalue weighted by Gasteiger charge is -2.19. The van der Waals surface area contributed by atoms with Crippen molar-refractivity contribution in [3.05, 3.63) is 69.6 Å². The van der Waals surface area contributed by atoms with E-state index < -0.39 is 0 Å². The minimum absolute atomic E-state index is 0.0586. The van der Waals surface area contributed by atoms with Crippen molar-refractivity contribution >= 4 is 17.5 Å². The van der Waals surface area contributed by atoms with E-state index in [2.05, 4.69) is 0 Å². The second kappa shape index (κ2) is 9.26. The van der Waals surface area contributed by atoms with Gasteiger partial charge >= 0.3 is 0 Å². The Morgan fingerprint density at radius 2 is 1.82 bits per heavy atom. The van der Waals surface area contributed by atoms with Crippen LogP contribution in [0.15, 0.2) is 53.3 Å². The van der Waals surface area contributed by atoms with E-state index in [4.69, 9.17) is 21.3 Å². The smallest absolute Gasteiger partial charge is 0.253 e. The number of aryl methyl sites for hydroxylation is 1. The minimum atomic E-state index is -0.0586. The Hall–Kier alpha value is -3.12. The van der Waals surface area contributed by atoms with Crippen LogP contribution in [0.3, 0.4) is 0 Å². The summed E-state index contributed by atoms with van der Waals surface area (Å²) in [6.07, 6.45) is 2.94. The molecule has 1 saturated heterocycles. The van der Waals surface area contributed by atoms with Gasteiger partial charge < -0.3 is 9.64 Å². The third-order valence-electron chi connectivity index (χ3n) is 6.73. The fourth-order valence-corrected chi connectivity index (χ4v) is 4.98. The molecular weight excluding hydrogens is 450 g/mol. The van der Waals surface area contributed by atoms with Crippen molar-refractivity contribution in [1.82, 2.24) is 14.5 Å². The summed E-state index contributed by atoms with van der Waals surface area (Å²) in [6.45, 7) is 3.89. The zero-order valence-electron chi connectivity index (χ0n) is 19.5. The highest BCUT2D eigenvalue weighted by Gasteiger charge is 2.36. The molecule has 34 heavy (non-hydrogen) atoms. The summed E-state index contributed by atoms with van der Waals surface area (Å²) in [5.41, 5.74) is 3.39. The first-order valence-electron chi connectivity index (χ1n) is 11.7. The zero-order valence-corrected chi connectivity index (χ0v) is 20.2. The van der Waals surface area contributed by atoms with Crippen LogP contribution in [-0.4, -0.2) is 40.6 Å². The molecule has 1 atom stereocenters. The quantitative estimate of drug-likeness (QED) is 0.511. The fraction of sp³-hybridized carbons (Fsp3) is 0.370. The van der Waals surface area contributed by atoms with Crippen LogP contribution in [0.2, 0.25) is 5.02 Å². The number of aromatic nitrogens is 2. The summed E-state index contributed by atoms with van der Waals surface area (Å²) in [7, 11) is 1.61. The molecule has 176 valence electrons. The number of benzene rings is 2. The monoisotopic (exact) mass is 477 g/mol. The predicted octanol–water partition coefficient (Wildman–Crippen LogP) is 4.81. The van der Waals surface area contributed by atoms with Gasteiger partial charge in [0.05, 0.1) is 12.1 Å². The Morgan fingerprint density at radius 3 is 2.50 bits per heavy atom. The number of hydrogen-bond acceptors (Lipinski definition) is 4. The highest BCUT2D eigenvalue weighted by Crippen LogP contribution is 2.34. The third-order valence-corrected chi connectivity index (χ3v) is 7.04. The molecule has 0 bridgehead atoms. The number of halogens is 1. The van der Waals surface area contributed by atoms with E-state index in [0.717, 1.165) is 42.5 Å². The van der Waals surface area contributed by atoms with Crippen LogP contribution in [0.25, 0.3) is 22.5 Å². The Bertz CT molecular complexity index is 1280. The largest absolute Gasteiger partial charge is 0.497 e. The van der Waals surface area contributed by atoms with Gasteiger partial charge in [0.15, 0.2) is 0 Å². The molecule has 0 radical (unpaired) electrons. The summed E-state index contributed by atoms with van der Waals surface area (Å²) in [5, 5.41) is 0.615.